The SMILES string of the molecule is CCNC(=O)NC(=O)/C(C)=C(\C)C(=O)O. The Bertz CT molecular complexity index is 320. The molecule has 0 bridgehead atoms. The van der Waals surface area contributed by atoms with E-state index in [1.165, 1.54) is 13.8 Å². The molecule has 0 aromatic rings. The van der Waals surface area contributed by atoms with Gasteiger partial charge >= 0.3 is 12.0 Å². The van der Waals surface area contributed by atoms with Gasteiger partial charge in [-0.3, -0.25) is 10.1 Å². The van der Waals surface area contributed by atoms with Crippen molar-refractivity contribution in [3.8, 4) is 0 Å². The van der Waals surface area contributed by atoms with Crippen molar-refractivity contribution in [1.82, 2.24) is 10.6 Å². The number of imide groups is 1. The van der Waals surface area contributed by atoms with Gasteiger partial charge in [0.15, 0.2) is 0 Å². The molecular weight excluding hydrogens is 200 g/mol. The average Bonchev–Trinajstić information content (AvgIpc) is 2.15. The molecule has 15 heavy (non-hydrogen) atoms. The number of aliphatic carboxylic acids is 1. The fourth-order valence-corrected chi connectivity index (χ4v) is 0.732. The van der Waals surface area contributed by atoms with Crippen LogP contribution in [0.25, 0.3) is 0 Å². The second kappa shape index (κ2) is 5.79. The van der Waals surface area contributed by atoms with E-state index in [1.54, 1.807) is 6.92 Å². The molecule has 0 saturated heterocycles. The van der Waals surface area contributed by atoms with Crippen LogP contribution in [0.1, 0.15) is 20.8 Å². The van der Waals surface area contributed by atoms with E-state index in [0.29, 0.717) is 6.54 Å². The molecule has 0 heterocycles. The highest BCUT2D eigenvalue weighted by molar-refractivity contribution is 6.07. The van der Waals surface area contributed by atoms with Gasteiger partial charge in [-0.2, -0.15) is 0 Å². The molecule has 84 valence electrons. The van der Waals surface area contributed by atoms with Crippen LogP contribution in [0, 0.1) is 0 Å². The van der Waals surface area contributed by atoms with Crippen LogP contribution >= 0.6 is 0 Å². The number of rotatable bonds is 3. The Labute approximate surface area is 87.3 Å². The number of carbonyl (C=O) groups excluding carboxylic acids is 2. The Hall–Kier alpha value is -1.85. The molecule has 6 heteroatoms. The first-order valence-electron chi connectivity index (χ1n) is 4.40. The number of hydrogen-bond acceptors (Lipinski definition) is 3. The maximum atomic E-state index is 11.3. The minimum absolute atomic E-state index is 0.00810. The summed E-state index contributed by atoms with van der Waals surface area (Å²) in [5, 5.41) is 13.0. The van der Waals surface area contributed by atoms with Gasteiger partial charge in [-0.05, 0) is 20.8 Å². The second-order valence-corrected chi connectivity index (χ2v) is 2.87. The lowest BCUT2D eigenvalue weighted by atomic mass is 10.1. The zero-order chi connectivity index (χ0) is 12.0. The lowest BCUT2D eigenvalue weighted by molar-refractivity contribution is -0.133. The Morgan fingerprint density at radius 2 is 1.67 bits per heavy atom. The standard InChI is InChI=1S/C9H14N2O4/c1-4-10-9(15)11-7(12)5(2)6(3)8(13)14/h4H2,1-3H3,(H,13,14)(H2,10,11,12,15)/b6-5+. The molecule has 6 nitrogen and oxygen atoms in total. The van der Waals surface area contributed by atoms with Crippen molar-refractivity contribution in [1.29, 1.82) is 0 Å². The summed E-state index contributed by atoms with van der Waals surface area (Å²) in [4.78, 5) is 32.7. The summed E-state index contributed by atoms with van der Waals surface area (Å²) in [5.74, 6) is -1.89. The molecule has 0 atom stereocenters. The molecule has 3 amide bonds. The Morgan fingerprint density at radius 3 is 2.07 bits per heavy atom. The van der Waals surface area contributed by atoms with Gasteiger partial charge in [-0.1, -0.05) is 0 Å². The lowest BCUT2D eigenvalue weighted by Crippen LogP contribution is -2.40. The molecule has 0 rings (SSSR count). The van der Waals surface area contributed by atoms with Gasteiger partial charge in [0, 0.05) is 17.7 Å². The quantitative estimate of drug-likeness (QED) is 0.587. The van der Waals surface area contributed by atoms with Gasteiger partial charge in [0.2, 0.25) is 0 Å². The molecule has 0 unspecified atom stereocenters. The highest BCUT2D eigenvalue weighted by atomic mass is 16.4. The van der Waals surface area contributed by atoms with Crippen LogP contribution in [0.5, 0.6) is 0 Å². The van der Waals surface area contributed by atoms with E-state index in [0.717, 1.165) is 0 Å². The molecule has 0 aliphatic carbocycles. The Kier molecular flexibility index (Phi) is 5.08. The summed E-state index contributed by atoms with van der Waals surface area (Å²) < 4.78 is 0. The van der Waals surface area contributed by atoms with E-state index in [2.05, 4.69) is 5.32 Å². The third kappa shape index (κ3) is 4.26. The van der Waals surface area contributed by atoms with Crippen molar-refractivity contribution in [3.63, 3.8) is 0 Å². The summed E-state index contributed by atoms with van der Waals surface area (Å²) in [6, 6.07) is -0.639. The summed E-state index contributed by atoms with van der Waals surface area (Å²) in [6.07, 6.45) is 0. The fraction of sp³-hybridized carbons (Fsp3) is 0.444. The summed E-state index contributed by atoms with van der Waals surface area (Å²) in [5.41, 5.74) is -0.0782. The fourth-order valence-electron chi connectivity index (χ4n) is 0.732. The number of nitrogens with one attached hydrogen (secondary N) is 2. The Morgan fingerprint density at radius 1 is 1.13 bits per heavy atom. The average molecular weight is 214 g/mol. The highest BCUT2D eigenvalue weighted by Crippen LogP contribution is 2.02. The zero-order valence-electron chi connectivity index (χ0n) is 8.88. The van der Waals surface area contributed by atoms with Crippen molar-refractivity contribution in [2.75, 3.05) is 6.54 Å². The largest absolute Gasteiger partial charge is 0.478 e. The van der Waals surface area contributed by atoms with Crippen molar-refractivity contribution in [3.05, 3.63) is 11.1 Å². The number of carboxylic acids is 1. The van der Waals surface area contributed by atoms with Crippen molar-refractivity contribution in [2.24, 2.45) is 0 Å². The van der Waals surface area contributed by atoms with Gasteiger partial charge in [0.1, 0.15) is 0 Å². The molecule has 0 aromatic heterocycles. The summed E-state index contributed by atoms with van der Waals surface area (Å²) in [6.45, 7) is 4.74. The molecule has 0 saturated carbocycles. The highest BCUT2D eigenvalue weighted by Gasteiger charge is 2.14. The molecule has 0 fully saturated rings. The molecule has 0 aliphatic rings. The van der Waals surface area contributed by atoms with Crippen LogP contribution in [-0.2, 0) is 9.59 Å². The third-order valence-electron chi connectivity index (χ3n) is 1.79. The molecule has 3 N–H and O–H groups in total. The number of carbonyl (C=O) groups is 3. The second-order valence-electron chi connectivity index (χ2n) is 2.87. The van der Waals surface area contributed by atoms with E-state index in [-0.39, 0.29) is 11.1 Å². The van der Waals surface area contributed by atoms with Crippen molar-refractivity contribution < 1.29 is 19.5 Å². The van der Waals surface area contributed by atoms with E-state index in [1.807, 2.05) is 5.32 Å². The van der Waals surface area contributed by atoms with Crippen LogP contribution in [0.15, 0.2) is 11.1 Å². The maximum Gasteiger partial charge on any atom is 0.331 e. The smallest absolute Gasteiger partial charge is 0.331 e. The molecular formula is C9H14N2O4. The lowest BCUT2D eigenvalue weighted by Gasteiger charge is -2.05. The van der Waals surface area contributed by atoms with Gasteiger partial charge in [0.25, 0.3) is 5.91 Å². The molecule has 0 spiro atoms. The molecule has 0 radical (unpaired) electrons. The van der Waals surface area contributed by atoms with Gasteiger partial charge < -0.3 is 10.4 Å². The number of urea groups is 1. The van der Waals surface area contributed by atoms with Gasteiger partial charge in [-0.15, -0.1) is 0 Å². The van der Waals surface area contributed by atoms with Gasteiger partial charge in [-0.25, -0.2) is 9.59 Å². The number of amides is 3. The predicted octanol–water partition coefficient (Wildman–Crippen LogP) is 0.253. The number of hydrogen-bond donors (Lipinski definition) is 3. The predicted molar refractivity (Wildman–Crippen MR) is 53.2 cm³/mol. The van der Waals surface area contributed by atoms with Crippen molar-refractivity contribution >= 4 is 17.9 Å². The Balaban J connectivity index is 4.53. The van der Waals surface area contributed by atoms with Crippen LogP contribution in [-0.4, -0.2) is 29.6 Å². The van der Waals surface area contributed by atoms with E-state index >= 15 is 0 Å². The minimum Gasteiger partial charge on any atom is -0.478 e. The van der Waals surface area contributed by atoms with Crippen LogP contribution in [0.2, 0.25) is 0 Å². The minimum atomic E-state index is -1.18. The van der Waals surface area contributed by atoms with E-state index in [9.17, 15) is 14.4 Å². The normalized spacial score (nSPS) is 11.4. The molecule has 0 aliphatic heterocycles. The summed E-state index contributed by atoms with van der Waals surface area (Å²) >= 11 is 0. The van der Waals surface area contributed by atoms with Gasteiger partial charge in [0.05, 0.1) is 0 Å². The monoisotopic (exact) mass is 214 g/mol. The molecule has 0 aromatic carbocycles. The van der Waals surface area contributed by atoms with Crippen LogP contribution in [0.3, 0.4) is 0 Å². The third-order valence-corrected chi connectivity index (χ3v) is 1.79. The van der Waals surface area contributed by atoms with Crippen LogP contribution in [0.4, 0.5) is 4.79 Å². The first-order chi connectivity index (χ1) is 6.90. The first-order valence-corrected chi connectivity index (χ1v) is 4.40. The van der Waals surface area contributed by atoms with Crippen molar-refractivity contribution in [2.45, 2.75) is 20.8 Å². The zero-order valence-corrected chi connectivity index (χ0v) is 8.88. The van der Waals surface area contributed by atoms with Crippen LogP contribution < -0.4 is 10.6 Å². The van der Waals surface area contributed by atoms with E-state index in [4.69, 9.17) is 5.11 Å². The maximum absolute atomic E-state index is 11.3. The summed E-state index contributed by atoms with van der Waals surface area (Å²) in [7, 11) is 0. The number of carboxylic acid groups (broad SMARTS) is 1. The first kappa shape index (κ1) is 13.2. The van der Waals surface area contributed by atoms with E-state index < -0.39 is 17.9 Å². The topological polar surface area (TPSA) is 95.5 Å².